The van der Waals surface area contributed by atoms with Gasteiger partial charge >= 0.3 is 35.8 Å². The fourth-order valence-corrected chi connectivity index (χ4v) is 1.39. The summed E-state index contributed by atoms with van der Waals surface area (Å²) in [5, 5.41) is 67.0. The van der Waals surface area contributed by atoms with Gasteiger partial charge in [0.15, 0.2) is 12.2 Å². The van der Waals surface area contributed by atoms with Crippen molar-refractivity contribution in [2.75, 3.05) is 0 Å². The molecule has 0 fully saturated rings. The van der Waals surface area contributed by atoms with Crippen LogP contribution in [0.25, 0.3) is 0 Å². The van der Waals surface area contributed by atoms with E-state index in [4.69, 9.17) is 40.9 Å². The molecule has 0 spiro atoms. The van der Waals surface area contributed by atoms with Gasteiger partial charge in [0.2, 0.25) is 0 Å². The zero-order chi connectivity index (χ0) is 21.2. The third kappa shape index (κ3) is 16.8. The molecule has 8 N–H and O–H groups in total. The predicted octanol–water partition coefficient (Wildman–Crippen LogP) is -2.79. The molecule has 0 saturated carbocycles. The molecule has 4 unspecified atom stereocenters. The van der Waals surface area contributed by atoms with Gasteiger partial charge in [0.05, 0.1) is 12.8 Å². The van der Waals surface area contributed by atoms with Crippen LogP contribution in [0.1, 0.15) is 12.8 Å². The number of carbonyl (C=O) groups is 6. The number of hydrogen-bond acceptors (Lipinski definition) is 8. The van der Waals surface area contributed by atoms with E-state index in [0.717, 1.165) is 0 Å². The van der Waals surface area contributed by atoms with Gasteiger partial charge in [-0.05, 0) is 0 Å². The van der Waals surface area contributed by atoms with Crippen LogP contribution < -0.4 is 0 Å². The number of rotatable bonds is 10. The van der Waals surface area contributed by atoms with E-state index in [2.05, 4.69) is 0 Å². The Balaban J connectivity index is -0.000000120. The number of carboxylic acid groups (broad SMARTS) is 6. The molecule has 178 valence electrons. The summed E-state index contributed by atoms with van der Waals surface area (Å²) in [5.41, 5.74) is 0. The van der Waals surface area contributed by atoms with Crippen molar-refractivity contribution in [1.29, 1.82) is 0 Å². The number of aliphatic hydroxyl groups excluding tert-OH is 2. The van der Waals surface area contributed by atoms with Crippen LogP contribution in [0.15, 0.2) is 0 Å². The first-order valence-corrected chi connectivity index (χ1v) is 6.43. The summed E-state index contributed by atoms with van der Waals surface area (Å²) in [6.45, 7) is 0. The number of hydrogen-bond donors (Lipinski definition) is 8. The normalized spacial score (nSPS) is 13.0. The smallest absolute Gasteiger partial charge is 0.333 e. The van der Waals surface area contributed by atoms with Crippen LogP contribution >= 0.6 is 0 Å². The molecule has 0 aromatic rings. The van der Waals surface area contributed by atoms with Gasteiger partial charge in [-0.1, -0.05) is 0 Å². The van der Waals surface area contributed by atoms with Crippen LogP contribution in [0.5, 0.6) is 0 Å². The molecule has 0 aliphatic carbocycles. The Hall–Kier alpha value is -1.78. The van der Waals surface area contributed by atoms with Crippen molar-refractivity contribution in [2.45, 2.75) is 25.0 Å². The third-order valence-corrected chi connectivity index (χ3v) is 2.69. The SMILES string of the molecule is O=C(O)CC(C(=O)O)C(O)C(=O)O.O=C(O)CC(C(=O)O)C(O)C(=O)O.[Ni].[Ni].[Ni]. The summed E-state index contributed by atoms with van der Waals surface area (Å²) < 4.78 is 0. The van der Waals surface area contributed by atoms with E-state index in [0.29, 0.717) is 0 Å². The Morgan fingerprint density at radius 3 is 0.793 bits per heavy atom. The van der Waals surface area contributed by atoms with Gasteiger partial charge < -0.3 is 40.9 Å². The second kappa shape index (κ2) is 18.3. The summed E-state index contributed by atoms with van der Waals surface area (Å²) in [4.78, 5) is 61.0. The van der Waals surface area contributed by atoms with E-state index in [1.165, 1.54) is 0 Å². The van der Waals surface area contributed by atoms with Crippen molar-refractivity contribution in [3.05, 3.63) is 0 Å². The van der Waals surface area contributed by atoms with E-state index in [9.17, 15) is 28.8 Å². The van der Waals surface area contributed by atoms with Gasteiger partial charge in [0.1, 0.15) is 11.8 Å². The van der Waals surface area contributed by atoms with Crippen LogP contribution in [0.3, 0.4) is 0 Å². The standard InChI is InChI=1S/2C6H8O7.3Ni/c2*7-3(8)1-2(5(10)11)4(9)6(12)13;;;/h2*2,4,9H,1H2,(H,7,8)(H,10,11)(H,12,13);;;. The molecule has 29 heavy (non-hydrogen) atoms. The van der Waals surface area contributed by atoms with Gasteiger partial charge in [-0.15, -0.1) is 0 Å². The number of aliphatic carboxylic acids is 6. The molecule has 0 rings (SSSR count). The van der Waals surface area contributed by atoms with E-state index < -0.39 is 72.7 Å². The van der Waals surface area contributed by atoms with Crippen molar-refractivity contribution < 1.29 is 119 Å². The quantitative estimate of drug-likeness (QED) is 0.126. The summed E-state index contributed by atoms with van der Waals surface area (Å²) in [7, 11) is 0. The molecule has 0 bridgehead atoms. The molecule has 0 saturated heterocycles. The Kier molecular flexibility index (Phi) is 23.9. The van der Waals surface area contributed by atoms with Crippen molar-refractivity contribution in [3.8, 4) is 0 Å². The zero-order valence-electron chi connectivity index (χ0n) is 13.7. The minimum Gasteiger partial charge on any atom is -0.481 e. The van der Waals surface area contributed by atoms with Crippen LogP contribution in [-0.4, -0.2) is 88.9 Å². The molecule has 14 nitrogen and oxygen atoms in total. The summed E-state index contributed by atoms with van der Waals surface area (Å²) in [5.74, 6) is -13.4. The molecule has 0 aliphatic rings. The van der Waals surface area contributed by atoms with Gasteiger partial charge in [0.25, 0.3) is 0 Å². The fourth-order valence-electron chi connectivity index (χ4n) is 1.39. The molecule has 17 heteroatoms. The van der Waals surface area contributed by atoms with Gasteiger partial charge in [-0.2, -0.15) is 0 Å². The molecule has 0 aliphatic heterocycles. The third-order valence-electron chi connectivity index (χ3n) is 2.69. The second-order valence-corrected chi connectivity index (χ2v) is 4.65. The largest absolute Gasteiger partial charge is 0.481 e. The molecule has 0 aromatic carbocycles. The second-order valence-electron chi connectivity index (χ2n) is 4.65. The Morgan fingerprint density at radius 1 is 0.483 bits per heavy atom. The van der Waals surface area contributed by atoms with Crippen LogP contribution in [0, 0.1) is 11.8 Å². The first-order chi connectivity index (χ1) is 11.7. The molecule has 4 atom stereocenters. The predicted molar refractivity (Wildman–Crippen MR) is 74.0 cm³/mol. The average molecular weight is 560 g/mol. The van der Waals surface area contributed by atoms with E-state index in [-0.39, 0.29) is 49.5 Å². The molecule has 0 amide bonds. The average Bonchev–Trinajstić information content (AvgIpc) is 2.48. The zero-order valence-corrected chi connectivity index (χ0v) is 16.7. The molecular weight excluding hydrogens is 544 g/mol. The molecule has 0 heterocycles. The molecular formula is C12H16Ni3O14. The maximum atomic E-state index is 10.3. The van der Waals surface area contributed by atoms with Gasteiger partial charge in [-0.25, -0.2) is 9.59 Å². The summed E-state index contributed by atoms with van der Waals surface area (Å²) in [6.07, 6.45) is -6.26. The van der Waals surface area contributed by atoms with E-state index in [1.54, 1.807) is 0 Å². The maximum Gasteiger partial charge on any atom is 0.333 e. The van der Waals surface area contributed by atoms with Crippen LogP contribution in [-0.2, 0) is 78.2 Å². The van der Waals surface area contributed by atoms with Crippen LogP contribution in [0.4, 0.5) is 0 Å². The fraction of sp³-hybridized carbons (Fsp3) is 0.500. The first kappa shape index (κ1) is 37.9. The molecule has 0 radical (unpaired) electrons. The van der Waals surface area contributed by atoms with Crippen LogP contribution in [0.2, 0.25) is 0 Å². The van der Waals surface area contributed by atoms with Crippen molar-refractivity contribution in [1.82, 2.24) is 0 Å². The van der Waals surface area contributed by atoms with Gasteiger partial charge in [0, 0.05) is 49.5 Å². The summed E-state index contributed by atoms with van der Waals surface area (Å²) in [6, 6.07) is 0. The summed E-state index contributed by atoms with van der Waals surface area (Å²) >= 11 is 0. The monoisotopic (exact) mass is 558 g/mol. The van der Waals surface area contributed by atoms with E-state index in [1.807, 2.05) is 0 Å². The number of aliphatic hydroxyl groups is 2. The Bertz CT molecular complexity index is 530. The maximum absolute atomic E-state index is 10.3. The van der Waals surface area contributed by atoms with Crippen molar-refractivity contribution in [3.63, 3.8) is 0 Å². The minimum absolute atomic E-state index is 0. The minimum atomic E-state index is -2.20. The molecule has 0 aromatic heterocycles. The Morgan fingerprint density at radius 2 is 0.690 bits per heavy atom. The topological polar surface area (TPSA) is 264 Å². The van der Waals surface area contributed by atoms with Crippen molar-refractivity contribution in [2.24, 2.45) is 11.8 Å². The first-order valence-electron chi connectivity index (χ1n) is 6.43. The Labute approximate surface area is 191 Å². The van der Waals surface area contributed by atoms with Gasteiger partial charge in [-0.3, -0.25) is 19.2 Å². The number of carboxylic acids is 6. The van der Waals surface area contributed by atoms with E-state index >= 15 is 0 Å². The van der Waals surface area contributed by atoms with Crippen molar-refractivity contribution >= 4 is 35.8 Å².